The summed E-state index contributed by atoms with van der Waals surface area (Å²) in [6.07, 6.45) is 0. The average Bonchev–Trinajstić information content (AvgIpc) is 2.90. The third-order valence-electron chi connectivity index (χ3n) is 2.87. The lowest BCUT2D eigenvalue weighted by molar-refractivity contribution is 0.469. The summed E-state index contributed by atoms with van der Waals surface area (Å²) in [5, 5.41) is 14.1. The maximum absolute atomic E-state index is 9.80. The number of halogens is 2. The lowest BCUT2D eigenvalue weighted by Crippen LogP contribution is -2.01. The number of rotatable bonds is 3. The lowest BCUT2D eigenvalue weighted by Gasteiger charge is -2.10. The summed E-state index contributed by atoms with van der Waals surface area (Å²) >= 11 is 13.2. The molecule has 1 heterocycles. The minimum absolute atomic E-state index is 0.182. The van der Waals surface area contributed by atoms with Gasteiger partial charge in [0.25, 0.3) is 0 Å². The molecule has 0 saturated heterocycles. The van der Waals surface area contributed by atoms with Crippen LogP contribution < -0.4 is 5.32 Å². The van der Waals surface area contributed by atoms with Crippen LogP contribution in [0.3, 0.4) is 0 Å². The standard InChI is InChI=1S/C13H9Cl2N3OS/c14-8-1-4-11(19)7(5-8)6-16-12-9(15)2-3-10-13(12)18-20-17-10/h1-5,16,19H,6H2. The van der Waals surface area contributed by atoms with Crippen LogP contribution in [0, 0.1) is 0 Å². The minimum atomic E-state index is 0.182. The lowest BCUT2D eigenvalue weighted by atomic mass is 10.2. The molecule has 0 aliphatic rings. The number of anilines is 1. The first kappa shape index (κ1) is 13.4. The van der Waals surface area contributed by atoms with Crippen LogP contribution >= 0.6 is 34.9 Å². The normalized spacial score (nSPS) is 10.9. The van der Waals surface area contributed by atoms with Crippen LogP contribution in [0.4, 0.5) is 5.69 Å². The molecule has 0 atom stereocenters. The molecular weight excluding hydrogens is 317 g/mol. The SMILES string of the molecule is Oc1ccc(Cl)cc1CNc1c(Cl)ccc2nsnc12. The molecule has 2 aromatic carbocycles. The molecule has 1 aromatic heterocycles. The van der Waals surface area contributed by atoms with Crippen molar-refractivity contribution in [3.05, 3.63) is 45.9 Å². The van der Waals surface area contributed by atoms with E-state index in [0.29, 0.717) is 27.8 Å². The predicted molar refractivity (Wildman–Crippen MR) is 82.9 cm³/mol. The van der Waals surface area contributed by atoms with Gasteiger partial charge in [0.15, 0.2) is 0 Å². The average molecular weight is 326 g/mol. The van der Waals surface area contributed by atoms with Gasteiger partial charge in [-0.2, -0.15) is 8.75 Å². The number of nitrogens with one attached hydrogen (secondary N) is 1. The smallest absolute Gasteiger partial charge is 0.129 e. The van der Waals surface area contributed by atoms with E-state index >= 15 is 0 Å². The second-order valence-corrected chi connectivity index (χ2v) is 5.55. The van der Waals surface area contributed by atoms with Crippen molar-refractivity contribution in [1.29, 1.82) is 0 Å². The molecule has 20 heavy (non-hydrogen) atoms. The van der Waals surface area contributed by atoms with E-state index in [1.807, 2.05) is 6.07 Å². The van der Waals surface area contributed by atoms with Crippen LogP contribution in [-0.4, -0.2) is 13.9 Å². The number of phenolic OH excluding ortho intramolecular Hbond substituents is 1. The van der Waals surface area contributed by atoms with Gasteiger partial charge in [0.2, 0.25) is 0 Å². The zero-order valence-electron chi connectivity index (χ0n) is 10.1. The summed E-state index contributed by atoms with van der Waals surface area (Å²) < 4.78 is 8.40. The van der Waals surface area contributed by atoms with Gasteiger partial charge in [-0.3, -0.25) is 0 Å². The molecule has 0 saturated carbocycles. The van der Waals surface area contributed by atoms with Crippen molar-refractivity contribution in [1.82, 2.24) is 8.75 Å². The quantitative estimate of drug-likeness (QED) is 0.753. The molecule has 2 N–H and O–H groups in total. The number of fused-ring (bicyclic) bond motifs is 1. The van der Waals surface area contributed by atoms with Crippen molar-refractivity contribution >= 4 is 51.7 Å². The number of hydrogen-bond donors (Lipinski definition) is 2. The van der Waals surface area contributed by atoms with Crippen LogP contribution in [0.2, 0.25) is 10.0 Å². The minimum Gasteiger partial charge on any atom is -0.508 e. The third-order valence-corrected chi connectivity index (χ3v) is 3.97. The van der Waals surface area contributed by atoms with Crippen molar-refractivity contribution in [3.8, 4) is 5.75 Å². The van der Waals surface area contributed by atoms with Gasteiger partial charge in [-0.15, -0.1) is 0 Å². The first-order valence-electron chi connectivity index (χ1n) is 5.77. The van der Waals surface area contributed by atoms with E-state index in [1.165, 1.54) is 0 Å². The monoisotopic (exact) mass is 325 g/mol. The molecule has 4 nitrogen and oxygen atoms in total. The molecule has 0 aliphatic heterocycles. The first-order chi connectivity index (χ1) is 9.65. The molecule has 3 aromatic rings. The van der Waals surface area contributed by atoms with Crippen LogP contribution in [0.1, 0.15) is 5.56 Å². The summed E-state index contributed by atoms with van der Waals surface area (Å²) in [5.74, 6) is 0.182. The molecular formula is C13H9Cl2N3OS. The van der Waals surface area contributed by atoms with Gasteiger partial charge in [-0.25, -0.2) is 0 Å². The number of aromatic hydroxyl groups is 1. The molecule has 0 unspecified atom stereocenters. The largest absolute Gasteiger partial charge is 0.508 e. The Morgan fingerprint density at radius 3 is 2.85 bits per heavy atom. The van der Waals surface area contributed by atoms with Crippen LogP contribution in [-0.2, 0) is 6.54 Å². The van der Waals surface area contributed by atoms with E-state index in [4.69, 9.17) is 23.2 Å². The molecule has 102 valence electrons. The fourth-order valence-corrected chi connectivity index (χ4v) is 2.83. The summed E-state index contributed by atoms with van der Waals surface area (Å²) in [6.45, 7) is 0.392. The van der Waals surface area contributed by atoms with Gasteiger partial charge in [-0.1, -0.05) is 23.2 Å². The number of aromatic nitrogens is 2. The molecule has 0 spiro atoms. The molecule has 7 heteroatoms. The Bertz CT molecular complexity index is 775. The number of nitrogens with zero attached hydrogens (tertiary/aromatic N) is 2. The Hall–Kier alpha value is -1.56. The van der Waals surface area contributed by atoms with Gasteiger partial charge in [-0.05, 0) is 30.3 Å². The van der Waals surface area contributed by atoms with Crippen molar-refractivity contribution in [3.63, 3.8) is 0 Å². The second-order valence-electron chi connectivity index (χ2n) is 4.18. The van der Waals surface area contributed by atoms with Crippen LogP contribution in [0.5, 0.6) is 5.75 Å². The highest BCUT2D eigenvalue weighted by Crippen LogP contribution is 2.31. The van der Waals surface area contributed by atoms with Crippen LogP contribution in [0.15, 0.2) is 30.3 Å². The van der Waals surface area contributed by atoms with Gasteiger partial charge in [0.1, 0.15) is 16.8 Å². The van der Waals surface area contributed by atoms with E-state index in [0.717, 1.165) is 22.8 Å². The van der Waals surface area contributed by atoms with Crippen LogP contribution in [0.25, 0.3) is 11.0 Å². The van der Waals surface area contributed by atoms with Crippen molar-refractivity contribution in [2.45, 2.75) is 6.54 Å². The Labute approximate surface area is 129 Å². The Morgan fingerprint density at radius 1 is 1.15 bits per heavy atom. The number of benzene rings is 2. The Kier molecular flexibility index (Phi) is 3.65. The number of hydrogen-bond acceptors (Lipinski definition) is 5. The highest BCUT2D eigenvalue weighted by Gasteiger charge is 2.10. The second kappa shape index (κ2) is 5.44. The fraction of sp³-hybridized carbons (Fsp3) is 0.0769. The maximum Gasteiger partial charge on any atom is 0.129 e. The fourth-order valence-electron chi connectivity index (χ4n) is 1.87. The summed E-state index contributed by atoms with van der Waals surface area (Å²) in [6, 6.07) is 8.50. The highest BCUT2D eigenvalue weighted by molar-refractivity contribution is 7.00. The molecule has 0 fully saturated rings. The Morgan fingerprint density at radius 2 is 2.00 bits per heavy atom. The van der Waals surface area contributed by atoms with E-state index in [9.17, 15) is 5.11 Å². The summed E-state index contributed by atoms with van der Waals surface area (Å²) in [4.78, 5) is 0. The zero-order chi connectivity index (χ0) is 14.1. The molecule has 0 radical (unpaired) electrons. The number of phenols is 1. The third kappa shape index (κ3) is 2.52. The summed E-state index contributed by atoms with van der Waals surface area (Å²) in [5.41, 5.74) is 2.91. The topological polar surface area (TPSA) is 58.0 Å². The van der Waals surface area contributed by atoms with E-state index in [2.05, 4.69) is 14.1 Å². The van der Waals surface area contributed by atoms with Crippen molar-refractivity contribution in [2.24, 2.45) is 0 Å². The first-order valence-corrected chi connectivity index (χ1v) is 7.26. The van der Waals surface area contributed by atoms with Gasteiger partial charge in [0, 0.05) is 17.1 Å². The molecule has 3 rings (SSSR count). The zero-order valence-corrected chi connectivity index (χ0v) is 12.4. The highest BCUT2D eigenvalue weighted by atomic mass is 35.5. The van der Waals surface area contributed by atoms with E-state index < -0.39 is 0 Å². The molecule has 0 bridgehead atoms. The van der Waals surface area contributed by atoms with E-state index in [-0.39, 0.29) is 5.75 Å². The van der Waals surface area contributed by atoms with Crippen molar-refractivity contribution in [2.75, 3.05) is 5.32 Å². The van der Waals surface area contributed by atoms with Gasteiger partial charge in [0.05, 0.1) is 22.4 Å². The van der Waals surface area contributed by atoms with Gasteiger partial charge >= 0.3 is 0 Å². The predicted octanol–water partition coefficient (Wildman–Crippen LogP) is 4.32. The van der Waals surface area contributed by atoms with Gasteiger partial charge < -0.3 is 10.4 Å². The van der Waals surface area contributed by atoms with Crippen molar-refractivity contribution < 1.29 is 5.11 Å². The summed E-state index contributed by atoms with van der Waals surface area (Å²) in [7, 11) is 0. The Balaban J connectivity index is 1.92. The van der Waals surface area contributed by atoms with E-state index in [1.54, 1.807) is 24.3 Å². The molecule has 0 aliphatic carbocycles. The molecule has 0 amide bonds. The maximum atomic E-state index is 9.80.